The van der Waals surface area contributed by atoms with Gasteiger partial charge in [-0.1, -0.05) is 33.6 Å². The lowest BCUT2D eigenvalue weighted by molar-refractivity contribution is -0.0751. The number of hydrogen-bond acceptors (Lipinski definition) is 4. The van der Waals surface area contributed by atoms with Crippen LogP contribution >= 0.6 is 11.3 Å². The number of morpholine rings is 1. The van der Waals surface area contributed by atoms with Gasteiger partial charge in [0.05, 0.1) is 30.0 Å². The summed E-state index contributed by atoms with van der Waals surface area (Å²) >= 11 is 1.54. The van der Waals surface area contributed by atoms with Crippen molar-refractivity contribution in [3.63, 3.8) is 0 Å². The maximum absolute atomic E-state index is 12.8. The highest BCUT2D eigenvalue weighted by Gasteiger charge is 2.37. The van der Waals surface area contributed by atoms with Gasteiger partial charge in [-0.2, -0.15) is 0 Å². The van der Waals surface area contributed by atoms with E-state index >= 15 is 0 Å². The van der Waals surface area contributed by atoms with Gasteiger partial charge >= 0.3 is 0 Å². The molecule has 21 heavy (non-hydrogen) atoms. The second-order valence-electron chi connectivity index (χ2n) is 7.04. The fourth-order valence-electron chi connectivity index (χ4n) is 3.21. The summed E-state index contributed by atoms with van der Waals surface area (Å²) < 4.78 is 5.85. The molecule has 116 valence electrons. The number of hydrogen-bond donors (Lipinski definition) is 0. The first-order chi connectivity index (χ1) is 9.97. The van der Waals surface area contributed by atoms with Gasteiger partial charge in [0, 0.05) is 12.0 Å². The first-order valence-corrected chi connectivity index (χ1v) is 8.67. The van der Waals surface area contributed by atoms with Crippen molar-refractivity contribution in [2.24, 2.45) is 0 Å². The number of carbonyl (C=O) groups is 1. The van der Waals surface area contributed by atoms with Crippen molar-refractivity contribution >= 4 is 17.2 Å². The molecule has 2 fully saturated rings. The largest absolute Gasteiger partial charge is 0.374 e. The molecule has 3 rings (SSSR count). The third-order valence-electron chi connectivity index (χ3n) is 4.35. The Hall–Kier alpha value is -0.940. The average Bonchev–Trinajstić information content (AvgIpc) is 2.96. The summed E-state index contributed by atoms with van der Waals surface area (Å²) in [6.07, 6.45) is 6.57. The summed E-state index contributed by atoms with van der Waals surface area (Å²) in [4.78, 5) is 20.1. The zero-order chi connectivity index (χ0) is 15.0. The van der Waals surface area contributed by atoms with Gasteiger partial charge in [-0.15, -0.1) is 11.3 Å². The monoisotopic (exact) mass is 308 g/mol. The van der Waals surface area contributed by atoms with Crippen LogP contribution in [0, 0.1) is 0 Å². The van der Waals surface area contributed by atoms with Crippen LogP contribution in [0.1, 0.15) is 61.1 Å². The summed E-state index contributed by atoms with van der Waals surface area (Å²) in [7, 11) is 0. The average molecular weight is 308 g/mol. The molecular formula is C16H24N2O2S. The van der Waals surface area contributed by atoms with Crippen LogP contribution in [0.15, 0.2) is 6.20 Å². The van der Waals surface area contributed by atoms with Gasteiger partial charge in [0.2, 0.25) is 0 Å². The van der Waals surface area contributed by atoms with Gasteiger partial charge in [0.1, 0.15) is 4.88 Å². The van der Waals surface area contributed by atoms with Gasteiger partial charge in [0.15, 0.2) is 0 Å². The summed E-state index contributed by atoms with van der Waals surface area (Å²) in [5.74, 6) is 0.142. The van der Waals surface area contributed by atoms with E-state index in [0.717, 1.165) is 22.7 Å². The number of aromatic nitrogens is 1. The highest BCUT2D eigenvalue weighted by molar-refractivity contribution is 7.13. The topological polar surface area (TPSA) is 42.4 Å². The van der Waals surface area contributed by atoms with Crippen molar-refractivity contribution in [3.8, 4) is 0 Å². The lowest BCUT2D eigenvalue weighted by Crippen LogP contribution is -2.54. The van der Waals surface area contributed by atoms with Crippen LogP contribution in [0.3, 0.4) is 0 Å². The van der Waals surface area contributed by atoms with Crippen molar-refractivity contribution in [2.45, 2.75) is 64.0 Å². The molecule has 1 saturated carbocycles. The van der Waals surface area contributed by atoms with E-state index in [1.165, 1.54) is 24.2 Å². The molecule has 0 unspecified atom stereocenters. The summed E-state index contributed by atoms with van der Waals surface area (Å²) in [6, 6.07) is 0.264. The molecule has 0 bridgehead atoms. The van der Waals surface area contributed by atoms with Crippen LogP contribution in [-0.4, -0.2) is 41.1 Å². The zero-order valence-electron chi connectivity index (χ0n) is 13.1. The minimum Gasteiger partial charge on any atom is -0.374 e. The molecule has 0 radical (unpaired) electrons. The van der Waals surface area contributed by atoms with Crippen LogP contribution in [0.5, 0.6) is 0 Å². The van der Waals surface area contributed by atoms with Crippen LogP contribution < -0.4 is 0 Å². The van der Waals surface area contributed by atoms with E-state index in [1.807, 2.05) is 4.90 Å². The summed E-state index contributed by atoms with van der Waals surface area (Å²) in [5.41, 5.74) is 0.00157. The Balaban J connectivity index is 1.79. The number of amides is 1. The molecule has 1 saturated heterocycles. The Labute approximate surface area is 130 Å². The number of rotatable bonds is 1. The molecule has 5 heteroatoms. The van der Waals surface area contributed by atoms with E-state index in [1.54, 1.807) is 6.20 Å². The molecular weight excluding hydrogens is 284 g/mol. The SMILES string of the molecule is CC(C)(C)c1ncc(C(=O)N2CCO[C@H]3CCCC[C@H]32)s1. The highest BCUT2D eigenvalue weighted by atomic mass is 32.1. The minimum atomic E-state index is 0.00157. The number of fused-ring (bicyclic) bond motifs is 1. The smallest absolute Gasteiger partial charge is 0.265 e. The Kier molecular flexibility index (Phi) is 4.06. The molecule has 0 aromatic carbocycles. The van der Waals surface area contributed by atoms with Gasteiger partial charge in [-0.25, -0.2) is 4.98 Å². The third-order valence-corrected chi connectivity index (χ3v) is 5.76. The molecule has 1 aromatic rings. The van der Waals surface area contributed by atoms with Crippen molar-refractivity contribution in [2.75, 3.05) is 13.2 Å². The molecule has 1 aliphatic carbocycles. The lowest BCUT2D eigenvalue weighted by atomic mass is 9.90. The Morgan fingerprint density at radius 1 is 1.38 bits per heavy atom. The van der Waals surface area contributed by atoms with E-state index in [9.17, 15) is 4.79 Å². The molecule has 1 amide bonds. The molecule has 2 heterocycles. The highest BCUT2D eigenvalue weighted by Crippen LogP contribution is 2.32. The van der Waals surface area contributed by atoms with Crippen molar-refractivity contribution in [1.29, 1.82) is 0 Å². The maximum atomic E-state index is 12.8. The number of ether oxygens (including phenoxy) is 1. The van der Waals surface area contributed by atoms with Gasteiger partial charge < -0.3 is 9.64 Å². The zero-order valence-corrected chi connectivity index (χ0v) is 13.9. The van der Waals surface area contributed by atoms with Crippen molar-refractivity contribution < 1.29 is 9.53 Å². The first kappa shape index (κ1) is 15.0. The first-order valence-electron chi connectivity index (χ1n) is 7.86. The summed E-state index contributed by atoms with van der Waals surface area (Å²) in [6.45, 7) is 7.77. The standard InChI is InChI=1S/C16H24N2O2S/c1-16(2,3)15-17-10-13(21-15)14(19)18-8-9-20-12-7-5-4-6-11(12)18/h10-12H,4-9H2,1-3H3/t11-,12+/m1/s1. The predicted molar refractivity (Wildman–Crippen MR) is 83.8 cm³/mol. The van der Waals surface area contributed by atoms with Crippen molar-refractivity contribution in [1.82, 2.24) is 9.88 Å². The normalized spacial score (nSPS) is 26.5. The van der Waals surface area contributed by atoms with Gasteiger partial charge in [-0.3, -0.25) is 4.79 Å². The van der Waals surface area contributed by atoms with E-state index < -0.39 is 0 Å². The predicted octanol–water partition coefficient (Wildman–Crippen LogP) is 3.22. The summed E-state index contributed by atoms with van der Waals surface area (Å²) in [5, 5.41) is 1.03. The fourth-order valence-corrected chi connectivity index (χ4v) is 4.14. The number of nitrogens with zero attached hydrogens (tertiary/aromatic N) is 2. The molecule has 2 atom stereocenters. The van der Waals surface area contributed by atoms with Gasteiger partial charge in [0.25, 0.3) is 5.91 Å². The third kappa shape index (κ3) is 2.99. The number of thiazole rings is 1. The van der Waals surface area contributed by atoms with Crippen LogP contribution in [0.4, 0.5) is 0 Å². The van der Waals surface area contributed by atoms with Gasteiger partial charge in [-0.05, 0) is 12.8 Å². The molecule has 1 aromatic heterocycles. The second kappa shape index (κ2) is 5.69. The maximum Gasteiger partial charge on any atom is 0.265 e. The van der Waals surface area contributed by atoms with Crippen LogP contribution in [0.2, 0.25) is 0 Å². The molecule has 1 aliphatic heterocycles. The van der Waals surface area contributed by atoms with Crippen molar-refractivity contribution in [3.05, 3.63) is 16.1 Å². The Bertz CT molecular complexity index is 519. The lowest BCUT2D eigenvalue weighted by Gasteiger charge is -2.43. The van der Waals surface area contributed by atoms with Crippen LogP contribution in [0.25, 0.3) is 0 Å². The molecule has 2 aliphatic rings. The second-order valence-corrected chi connectivity index (χ2v) is 8.07. The van der Waals surface area contributed by atoms with E-state index in [0.29, 0.717) is 13.2 Å². The molecule has 0 N–H and O–H groups in total. The molecule has 0 spiro atoms. The van der Waals surface area contributed by atoms with E-state index in [4.69, 9.17) is 4.74 Å². The van der Waals surface area contributed by atoms with E-state index in [2.05, 4.69) is 25.8 Å². The van der Waals surface area contributed by atoms with Crippen LogP contribution in [-0.2, 0) is 10.2 Å². The molecule has 4 nitrogen and oxygen atoms in total. The Morgan fingerprint density at radius 3 is 2.86 bits per heavy atom. The fraction of sp³-hybridized carbons (Fsp3) is 0.750. The number of carbonyl (C=O) groups excluding carboxylic acids is 1. The quantitative estimate of drug-likeness (QED) is 0.800. The Morgan fingerprint density at radius 2 is 2.14 bits per heavy atom. The minimum absolute atomic E-state index is 0.00157. The van der Waals surface area contributed by atoms with E-state index in [-0.39, 0.29) is 23.5 Å².